The van der Waals surface area contributed by atoms with E-state index in [1.165, 1.54) is 14.2 Å². The number of ether oxygens (including phenoxy) is 4. The van der Waals surface area contributed by atoms with Crippen LogP contribution in [-0.2, 0) is 28.5 Å². The van der Waals surface area contributed by atoms with Crippen molar-refractivity contribution < 1.29 is 28.5 Å². The van der Waals surface area contributed by atoms with Crippen molar-refractivity contribution in [3.63, 3.8) is 0 Å². The molecule has 2 aliphatic heterocycles. The number of esters is 2. The van der Waals surface area contributed by atoms with Crippen LogP contribution in [0, 0.1) is 5.41 Å². The molecule has 0 bridgehead atoms. The van der Waals surface area contributed by atoms with E-state index in [0.29, 0.717) is 13.2 Å². The number of fused-ring (bicyclic) bond motifs is 1. The van der Waals surface area contributed by atoms with Crippen LogP contribution >= 0.6 is 0 Å². The SMILES string of the molecule is COC(=O)C1(C(=O)OC)C/C=C\CO[C@H]2CCCO[C@]2(C)C1. The summed E-state index contributed by atoms with van der Waals surface area (Å²) in [7, 11) is 2.56. The number of hydrogen-bond donors (Lipinski definition) is 0. The van der Waals surface area contributed by atoms with Crippen LogP contribution in [0.25, 0.3) is 0 Å². The molecule has 2 atom stereocenters. The number of hydrogen-bond acceptors (Lipinski definition) is 6. The summed E-state index contributed by atoms with van der Waals surface area (Å²) in [5.41, 5.74) is -2.13. The van der Waals surface area contributed by atoms with Gasteiger partial charge in [-0.05, 0) is 26.2 Å². The molecule has 0 aliphatic carbocycles. The molecule has 0 spiro atoms. The minimum absolute atomic E-state index is 0.169. The van der Waals surface area contributed by atoms with E-state index in [2.05, 4.69) is 0 Å². The van der Waals surface area contributed by atoms with Gasteiger partial charge < -0.3 is 18.9 Å². The first-order valence-corrected chi connectivity index (χ1v) is 7.56. The van der Waals surface area contributed by atoms with Crippen LogP contribution in [0.3, 0.4) is 0 Å². The minimum atomic E-state index is -1.40. The molecule has 0 aromatic carbocycles. The second-order valence-electron chi connectivity index (χ2n) is 6.04. The van der Waals surface area contributed by atoms with Gasteiger partial charge in [0, 0.05) is 13.0 Å². The summed E-state index contributed by atoms with van der Waals surface area (Å²) >= 11 is 0. The van der Waals surface area contributed by atoms with Crippen LogP contribution < -0.4 is 0 Å². The molecule has 2 rings (SSSR count). The molecule has 0 N–H and O–H groups in total. The Morgan fingerprint density at radius 1 is 1.18 bits per heavy atom. The number of carbonyl (C=O) groups excluding carboxylic acids is 2. The van der Waals surface area contributed by atoms with Gasteiger partial charge in [0.25, 0.3) is 0 Å². The van der Waals surface area contributed by atoms with E-state index in [1.54, 1.807) is 6.08 Å². The molecule has 1 fully saturated rings. The third-order valence-electron chi connectivity index (χ3n) is 4.56. The van der Waals surface area contributed by atoms with E-state index in [1.807, 2.05) is 13.0 Å². The smallest absolute Gasteiger partial charge is 0.323 e. The van der Waals surface area contributed by atoms with E-state index in [4.69, 9.17) is 18.9 Å². The van der Waals surface area contributed by atoms with Crippen molar-refractivity contribution in [1.82, 2.24) is 0 Å². The highest BCUT2D eigenvalue weighted by Crippen LogP contribution is 2.42. The molecule has 0 unspecified atom stereocenters. The molecule has 124 valence electrons. The molecule has 0 aromatic heterocycles. The zero-order valence-corrected chi connectivity index (χ0v) is 13.4. The van der Waals surface area contributed by atoms with Gasteiger partial charge in [0.2, 0.25) is 0 Å². The van der Waals surface area contributed by atoms with Crippen molar-refractivity contribution in [1.29, 1.82) is 0 Å². The molecule has 2 heterocycles. The number of rotatable bonds is 2. The maximum absolute atomic E-state index is 12.4. The van der Waals surface area contributed by atoms with E-state index in [-0.39, 0.29) is 18.9 Å². The first-order chi connectivity index (χ1) is 10.5. The van der Waals surface area contributed by atoms with Crippen molar-refractivity contribution >= 4 is 11.9 Å². The predicted octanol–water partition coefficient (Wildman–Crippen LogP) is 1.62. The molecule has 2 aliphatic rings. The summed E-state index contributed by atoms with van der Waals surface area (Å²) in [5.74, 6) is -1.19. The summed E-state index contributed by atoms with van der Waals surface area (Å²) in [4.78, 5) is 24.9. The lowest BCUT2D eigenvalue weighted by atomic mass is 9.72. The quantitative estimate of drug-likeness (QED) is 0.438. The van der Waals surface area contributed by atoms with Gasteiger partial charge in [-0.3, -0.25) is 9.59 Å². The molecule has 6 heteroatoms. The van der Waals surface area contributed by atoms with Gasteiger partial charge in [0.1, 0.15) is 0 Å². The lowest BCUT2D eigenvalue weighted by molar-refractivity contribution is -0.195. The Bertz CT molecular complexity index is 442. The Morgan fingerprint density at radius 2 is 1.86 bits per heavy atom. The number of allylic oxidation sites excluding steroid dienone is 1. The third kappa shape index (κ3) is 3.03. The second-order valence-corrected chi connectivity index (χ2v) is 6.04. The van der Waals surface area contributed by atoms with Crippen LogP contribution in [0.5, 0.6) is 0 Å². The van der Waals surface area contributed by atoms with E-state index in [9.17, 15) is 9.59 Å². The zero-order chi connectivity index (χ0) is 16.2. The molecule has 0 radical (unpaired) electrons. The highest BCUT2D eigenvalue weighted by molar-refractivity contribution is 6.00. The normalized spacial score (nSPS) is 32.6. The summed E-state index contributed by atoms with van der Waals surface area (Å²) in [6.07, 6.45) is 5.54. The van der Waals surface area contributed by atoms with Crippen LogP contribution in [-0.4, -0.2) is 51.1 Å². The first-order valence-electron chi connectivity index (χ1n) is 7.56. The minimum Gasteiger partial charge on any atom is -0.468 e. The largest absolute Gasteiger partial charge is 0.468 e. The maximum atomic E-state index is 12.4. The van der Waals surface area contributed by atoms with E-state index < -0.39 is 23.0 Å². The Balaban J connectivity index is 2.44. The second kappa shape index (κ2) is 6.79. The fourth-order valence-electron chi connectivity index (χ4n) is 3.38. The van der Waals surface area contributed by atoms with Crippen LogP contribution in [0.15, 0.2) is 12.2 Å². The Hall–Kier alpha value is -1.40. The van der Waals surface area contributed by atoms with Crippen LogP contribution in [0.2, 0.25) is 0 Å². The molecule has 22 heavy (non-hydrogen) atoms. The Morgan fingerprint density at radius 3 is 2.50 bits per heavy atom. The maximum Gasteiger partial charge on any atom is 0.323 e. The standard InChI is InChI=1S/C16H24O6/c1-15-11-16(13(17)19-2,14(18)20-3)8-4-5-9-21-12(15)7-6-10-22-15/h4-5,12H,6-11H2,1-3H3/b5-4-/t12-,15+/m0/s1. The Labute approximate surface area is 130 Å². The van der Waals surface area contributed by atoms with Crippen LogP contribution in [0.1, 0.15) is 32.6 Å². The molecule has 1 saturated heterocycles. The zero-order valence-electron chi connectivity index (χ0n) is 13.4. The van der Waals surface area contributed by atoms with E-state index >= 15 is 0 Å². The highest BCUT2D eigenvalue weighted by atomic mass is 16.6. The average Bonchev–Trinajstić information content (AvgIpc) is 2.60. The fraction of sp³-hybridized carbons (Fsp3) is 0.750. The topological polar surface area (TPSA) is 71.1 Å². The summed E-state index contributed by atoms with van der Waals surface area (Å²) < 4.78 is 21.6. The summed E-state index contributed by atoms with van der Waals surface area (Å²) in [5, 5.41) is 0. The molecular formula is C16H24O6. The molecule has 6 nitrogen and oxygen atoms in total. The third-order valence-corrected chi connectivity index (χ3v) is 4.56. The average molecular weight is 312 g/mol. The number of carbonyl (C=O) groups is 2. The van der Waals surface area contributed by atoms with E-state index in [0.717, 1.165) is 12.8 Å². The van der Waals surface area contributed by atoms with Gasteiger partial charge in [-0.2, -0.15) is 0 Å². The van der Waals surface area contributed by atoms with Crippen molar-refractivity contribution in [3.05, 3.63) is 12.2 Å². The molecule has 0 saturated carbocycles. The monoisotopic (exact) mass is 312 g/mol. The first kappa shape index (κ1) is 17.0. The van der Waals surface area contributed by atoms with Crippen molar-refractivity contribution in [3.8, 4) is 0 Å². The van der Waals surface area contributed by atoms with Gasteiger partial charge in [-0.15, -0.1) is 0 Å². The lowest BCUT2D eigenvalue weighted by Crippen LogP contribution is -2.54. The summed E-state index contributed by atoms with van der Waals surface area (Å²) in [6, 6.07) is 0. The van der Waals surface area contributed by atoms with Gasteiger partial charge in [0.05, 0.1) is 32.5 Å². The molecular weight excluding hydrogens is 288 g/mol. The van der Waals surface area contributed by atoms with Gasteiger partial charge in [0.15, 0.2) is 5.41 Å². The fourth-order valence-corrected chi connectivity index (χ4v) is 3.38. The predicted molar refractivity (Wildman–Crippen MR) is 78.2 cm³/mol. The van der Waals surface area contributed by atoms with Crippen molar-refractivity contribution in [2.75, 3.05) is 27.4 Å². The van der Waals surface area contributed by atoms with Crippen molar-refractivity contribution in [2.45, 2.75) is 44.3 Å². The van der Waals surface area contributed by atoms with Gasteiger partial charge in [-0.25, -0.2) is 0 Å². The highest BCUT2D eigenvalue weighted by Gasteiger charge is 2.55. The summed E-state index contributed by atoms with van der Waals surface area (Å²) in [6.45, 7) is 2.91. The van der Waals surface area contributed by atoms with Crippen molar-refractivity contribution in [2.24, 2.45) is 5.41 Å². The van der Waals surface area contributed by atoms with Gasteiger partial charge in [-0.1, -0.05) is 12.2 Å². The molecule has 0 aromatic rings. The number of methoxy groups -OCH3 is 2. The van der Waals surface area contributed by atoms with Crippen LogP contribution in [0.4, 0.5) is 0 Å². The lowest BCUT2D eigenvalue weighted by Gasteiger charge is -2.44. The van der Waals surface area contributed by atoms with Gasteiger partial charge >= 0.3 is 11.9 Å². The molecule has 0 amide bonds. The Kier molecular flexibility index (Phi) is 5.24.